The van der Waals surface area contributed by atoms with Gasteiger partial charge in [0.25, 0.3) is 0 Å². The second kappa shape index (κ2) is 4.60. The Bertz CT molecular complexity index is 576. The second-order valence-electron chi connectivity index (χ2n) is 4.05. The average molecular weight is 248 g/mol. The monoisotopic (exact) mass is 248 g/mol. The van der Waals surface area contributed by atoms with Crippen LogP contribution in [-0.2, 0) is 0 Å². The molecule has 1 aromatic heterocycles. The second-order valence-corrected chi connectivity index (χ2v) is 4.05. The molecule has 96 valence electrons. The fourth-order valence-corrected chi connectivity index (χ4v) is 1.91. The molecular weight excluding hydrogens is 232 g/mol. The van der Waals surface area contributed by atoms with Crippen molar-refractivity contribution < 1.29 is 14.0 Å². The smallest absolute Gasteiger partial charge is 0.172 e. The summed E-state index contributed by atoms with van der Waals surface area (Å²) in [5.41, 5.74) is 8.46. The van der Waals surface area contributed by atoms with Crippen LogP contribution in [0.2, 0.25) is 0 Å². The third-order valence-electron chi connectivity index (χ3n) is 2.95. The quantitative estimate of drug-likeness (QED) is 0.903. The third kappa shape index (κ3) is 1.88. The number of nitrogen functional groups attached to an aromatic ring is 1. The molecule has 2 rings (SSSR count). The van der Waals surface area contributed by atoms with Crippen molar-refractivity contribution in [2.24, 2.45) is 0 Å². The van der Waals surface area contributed by atoms with Crippen LogP contribution in [0.3, 0.4) is 0 Å². The molecule has 18 heavy (non-hydrogen) atoms. The maximum Gasteiger partial charge on any atom is 0.172 e. The lowest BCUT2D eigenvalue weighted by Gasteiger charge is -2.15. The molecule has 5 nitrogen and oxygen atoms in total. The van der Waals surface area contributed by atoms with Gasteiger partial charge in [-0.2, -0.15) is 0 Å². The largest absolute Gasteiger partial charge is 0.493 e. The van der Waals surface area contributed by atoms with E-state index in [1.54, 1.807) is 20.3 Å². The molecule has 0 fully saturated rings. The first-order valence-corrected chi connectivity index (χ1v) is 5.53. The maximum absolute atomic E-state index is 5.57. The van der Waals surface area contributed by atoms with Crippen LogP contribution < -0.4 is 15.2 Å². The Labute approximate surface area is 105 Å². The van der Waals surface area contributed by atoms with E-state index < -0.39 is 0 Å². The fourth-order valence-electron chi connectivity index (χ4n) is 1.91. The summed E-state index contributed by atoms with van der Waals surface area (Å²) < 4.78 is 16.0. The topological polar surface area (TPSA) is 70.5 Å². The Morgan fingerprint density at radius 3 is 2.28 bits per heavy atom. The molecule has 0 spiro atoms. The number of methoxy groups -OCH3 is 2. The SMILES string of the molecule is COc1c(-c2cc(N)no2)cc(C)c(C)c1OC. The minimum absolute atomic E-state index is 0.337. The predicted molar refractivity (Wildman–Crippen MR) is 68.9 cm³/mol. The van der Waals surface area contributed by atoms with Crippen molar-refractivity contribution in [1.29, 1.82) is 0 Å². The lowest BCUT2D eigenvalue weighted by Crippen LogP contribution is -1.97. The molecule has 5 heteroatoms. The number of hydrogen-bond acceptors (Lipinski definition) is 5. The van der Waals surface area contributed by atoms with Gasteiger partial charge in [-0.1, -0.05) is 5.16 Å². The highest BCUT2D eigenvalue weighted by Gasteiger charge is 2.19. The molecule has 0 aliphatic rings. The summed E-state index contributed by atoms with van der Waals surface area (Å²) in [6.07, 6.45) is 0. The summed E-state index contributed by atoms with van der Waals surface area (Å²) in [6, 6.07) is 3.63. The number of anilines is 1. The first-order chi connectivity index (χ1) is 8.58. The fraction of sp³-hybridized carbons (Fsp3) is 0.308. The normalized spacial score (nSPS) is 10.4. The Morgan fingerprint density at radius 2 is 1.78 bits per heavy atom. The molecular formula is C13H16N2O3. The molecule has 0 bridgehead atoms. The van der Waals surface area contributed by atoms with Crippen LogP contribution in [0.25, 0.3) is 11.3 Å². The lowest BCUT2D eigenvalue weighted by molar-refractivity contribution is 0.351. The zero-order valence-electron chi connectivity index (χ0n) is 10.9. The zero-order valence-corrected chi connectivity index (χ0v) is 10.9. The van der Waals surface area contributed by atoms with Crippen LogP contribution in [0.1, 0.15) is 11.1 Å². The van der Waals surface area contributed by atoms with Crippen molar-refractivity contribution >= 4 is 5.82 Å². The molecule has 1 heterocycles. The molecule has 0 radical (unpaired) electrons. The highest BCUT2D eigenvalue weighted by atomic mass is 16.5. The highest BCUT2D eigenvalue weighted by molar-refractivity contribution is 5.74. The number of aryl methyl sites for hydroxylation is 1. The molecule has 1 aromatic carbocycles. The van der Waals surface area contributed by atoms with Gasteiger partial charge in [0.15, 0.2) is 23.1 Å². The summed E-state index contributed by atoms with van der Waals surface area (Å²) in [7, 11) is 3.21. The van der Waals surface area contributed by atoms with Gasteiger partial charge >= 0.3 is 0 Å². The molecule has 0 unspecified atom stereocenters. The minimum Gasteiger partial charge on any atom is -0.493 e. The van der Waals surface area contributed by atoms with Crippen LogP contribution >= 0.6 is 0 Å². The van der Waals surface area contributed by atoms with Crippen molar-refractivity contribution in [2.75, 3.05) is 20.0 Å². The number of nitrogens with two attached hydrogens (primary N) is 1. The van der Waals surface area contributed by atoms with Gasteiger partial charge in [-0.15, -0.1) is 0 Å². The van der Waals surface area contributed by atoms with Gasteiger partial charge in [0.05, 0.1) is 19.8 Å². The van der Waals surface area contributed by atoms with Gasteiger partial charge in [-0.25, -0.2) is 0 Å². The van der Waals surface area contributed by atoms with Crippen LogP contribution in [-0.4, -0.2) is 19.4 Å². The molecule has 2 aromatic rings. The maximum atomic E-state index is 5.57. The molecule has 0 atom stereocenters. The number of benzene rings is 1. The molecule has 0 aliphatic carbocycles. The number of rotatable bonds is 3. The summed E-state index contributed by atoms with van der Waals surface area (Å²) in [5.74, 6) is 2.22. The van der Waals surface area contributed by atoms with Gasteiger partial charge < -0.3 is 19.7 Å². The predicted octanol–water partition coefficient (Wildman–Crippen LogP) is 2.56. The lowest BCUT2D eigenvalue weighted by atomic mass is 10.0. The van der Waals surface area contributed by atoms with Crippen molar-refractivity contribution in [1.82, 2.24) is 5.16 Å². The van der Waals surface area contributed by atoms with E-state index in [1.165, 1.54) is 0 Å². The Hall–Kier alpha value is -2.17. The van der Waals surface area contributed by atoms with E-state index in [1.807, 2.05) is 19.9 Å². The standard InChI is InChI=1S/C13H16N2O3/c1-7-5-9(10-6-11(14)15-18-10)13(17-4)12(16-3)8(7)2/h5-6H,1-4H3,(H2,14,15). The third-order valence-corrected chi connectivity index (χ3v) is 2.95. The summed E-state index contributed by atoms with van der Waals surface area (Å²) >= 11 is 0. The van der Waals surface area contributed by atoms with Crippen LogP contribution in [0.15, 0.2) is 16.7 Å². The summed E-state index contributed by atoms with van der Waals surface area (Å²) in [5, 5.41) is 3.68. The van der Waals surface area contributed by atoms with Gasteiger partial charge in [-0.05, 0) is 31.0 Å². The Balaban J connectivity index is 2.70. The molecule has 0 saturated carbocycles. The number of hydrogen-bond donors (Lipinski definition) is 1. The van der Waals surface area contributed by atoms with E-state index in [0.29, 0.717) is 23.1 Å². The van der Waals surface area contributed by atoms with E-state index >= 15 is 0 Å². The van der Waals surface area contributed by atoms with Gasteiger partial charge in [0.2, 0.25) is 0 Å². The van der Waals surface area contributed by atoms with Crippen LogP contribution in [0.5, 0.6) is 11.5 Å². The van der Waals surface area contributed by atoms with Gasteiger partial charge in [-0.3, -0.25) is 0 Å². The van der Waals surface area contributed by atoms with Crippen LogP contribution in [0.4, 0.5) is 5.82 Å². The first-order valence-electron chi connectivity index (χ1n) is 5.53. The number of nitrogens with zero attached hydrogens (tertiary/aromatic N) is 1. The van der Waals surface area contributed by atoms with Crippen LogP contribution in [0, 0.1) is 13.8 Å². The Kier molecular flexibility index (Phi) is 3.14. The highest BCUT2D eigenvalue weighted by Crippen LogP contribution is 2.42. The number of aromatic nitrogens is 1. The zero-order chi connectivity index (χ0) is 13.3. The van der Waals surface area contributed by atoms with Crippen molar-refractivity contribution in [3.63, 3.8) is 0 Å². The van der Waals surface area contributed by atoms with Crippen molar-refractivity contribution in [3.05, 3.63) is 23.3 Å². The van der Waals surface area contributed by atoms with E-state index in [2.05, 4.69) is 5.16 Å². The summed E-state index contributed by atoms with van der Waals surface area (Å²) in [6.45, 7) is 3.98. The van der Waals surface area contributed by atoms with Gasteiger partial charge in [0, 0.05) is 6.07 Å². The van der Waals surface area contributed by atoms with E-state index in [9.17, 15) is 0 Å². The van der Waals surface area contributed by atoms with E-state index in [-0.39, 0.29) is 0 Å². The van der Waals surface area contributed by atoms with E-state index in [0.717, 1.165) is 16.7 Å². The van der Waals surface area contributed by atoms with Gasteiger partial charge in [0.1, 0.15) is 0 Å². The van der Waals surface area contributed by atoms with Crippen molar-refractivity contribution in [3.8, 4) is 22.8 Å². The molecule has 2 N–H and O–H groups in total. The Morgan fingerprint density at radius 1 is 1.11 bits per heavy atom. The molecule has 0 saturated heterocycles. The minimum atomic E-state index is 0.337. The average Bonchev–Trinajstić information content (AvgIpc) is 2.78. The first kappa shape index (κ1) is 12.3. The van der Waals surface area contributed by atoms with E-state index in [4.69, 9.17) is 19.7 Å². The molecule has 0 aliphatic heterocycles. The van der Waals surface area contributed by atoms with Crippen molar-refractivity contribution in [2.45, 2.75) is 13.8 Å². The molecule has 0 amide bonds. The summed E-state index contributed by atoms with van der Waals surface area (Å²) in [4.78, 5) is 0. The number of ether oxygens (including phenoxy) is 2.